The first-order valence-electron chi connectivity index (χ1n) is 3.16. The van der Waals surface area contributed by atoms with E-state index < -0.39 is 0 Å². The first-order chi connectivity index (χ1) is 4.57. The summed E-state index contributed by atoms with van der Waals surface area (Å²) in [6, 6.07) is 0. The summed E-state index contributed by atoms with van der Waals surface area (Å²) in [4.78, 5) is 0. The van der Waals surface area contributed by atoms with Crippen molar-refractivity contribution in [2.45, 2.75) is 13.8 Å². The van der Waals surface area contributed by atoms with Gasteiger partial charge < -0.3 is 0 Å². The normalized spacial score (nSPS) is 11.3. The smallest absolute Gasteiger partial charge is 0.0476 e. The molecule has 0 rings (SSSR count). The van der Waals surface area contributed by atoms with E-state index in [2.05, 4.69) is 13.2 Å². The summed E-state index contributed by atoms with van der Waals surface area (Å²) in [5.41, 5.74) is 3.09. The Labute approximate surface area is 67.9 Å². The average Bonchev–Trinajstić information content (AvgIpc) is 1.81. The predicted octanol–water partition coefficient (Wildman–Crippen LogP) is 3.30. The van der Waals surface area contributed by atoms with Crippen molar-refractivity contribution in [3.05, 3.63) is 36.0 Å². The van der Waals surface area contributed by atoms with Gasteiger partial charge >= 0.3 is 0 Å². The molecule has 0 aliphatic rings. The topological polar surface area (TPSA) is 0 Å². The van der Waals surface area contributed by atoms with Crippen molar-refractivity contribution in [2.24, 2.45) is 0 Å². The van der Waals surface area contributed by atoms with E-state index in [-0.39, 0.29) is 0 Å². The molecule has 0 heterocycles. The van der Waals surface area contributed by atoms with Crippen molar-refractivity contribution < 1.29 is 0 Å². The van der Waals surface area contributed by atoms with Crippen molar-refractivity contribution in [1.82, 2.24) is 0 Å². The Balaban J connectivity index is 4.34. The lowest BCUT2D eigenvalue weighted by molar-refractivity contribution is 1.34. The van der Waals surface area contributed by atoms with Crippen LogP contribution in [0, 0.1) is 0 Å². The SMILES string of the molecule is C=C(C)/C=C(/CCl)C(=C)C. The van der Waals surface area contributed by atoms with Crippen LogP contribution < -0.4 is 0 Å². The first-order valence-corrected chi connectivity index (χ1v) is 3.69. The van der Waals surface area contributed by atoms with Gasteiger partial charge in [-0.25, -0.2) is 0 Å². The van der Waals surface area contributed by atoms with E-state index in [9.17, 15) is 0 Å². The number of halogens is 1. The Bertz CT molecular complexity index is 175. The molecule has 0 aromatic heterocycles. The fourth-order valence-corrected chi connectivity index (χ4v) is 0.879. The summed E-state index contributed by atoms with van der Waals surface area (Å²) in [5, 5.41) is 0. The maximum Gasteiger partial charge on any atom is 0.0476 e. The number of rotatable bonds is 3. The van der Waals surface area contributed by atoms with Crippen molar-refractivity contribution in [2.75, 3.05) is 5.88 Å². The first kappa shape index (κ1) is 9.51. The monoisotopic (exact) mass is 156 g/mol. The van der Waals surface area contributed by atoms with Crippen LogP contribution in [0.1, 0.15) is 13.8 Å². The van der Waals surface area contributed by atoms with Gasteiger partial charge in [0.25, 0.3) is 0 Å². The molecule has 0 N–H and O–H groups in total. The minimum absolute atomic E-state index is 0.516. The highest BCUT2D eigenvalue weighted by Crippen LogP contribution is 2.10. The van der Waals surface area contributed by atoms with Gasteiger partial charge in [0.2, 0.25) is 0 Å². The standard InChI is InChI=1S/C9H13Cl/c1-7(2)5-9(6-10)8(3)4/h5H,1,3,6H2,2,4H3/b9-5-. The molecule has 0 aliphatic carbocycles. The van der Waals surface area contributed by atoms with Crippen LogP contribution >= 0.6 is 11.6 Å². The molecule has 0 radical (unpaired) electrons. The highest BCUT2D eigenvalue weighted by Gasteiger charge is 1.93. The molecule has 56 valence electrons. The molecule has 0 aromatic carbocycles. The Kier molecular flexibility index (Phi) is 4.13. The van der Waals surface area contributed by atoms with Gasteiger partial charge in [0.15, 0.2) is 0 Å². The Morgan fingerprint density at radius 3 is 2.00 bits per heavy atom. The fourth-order valence-electron chi connectivity index (χ4n) is 0.573. The molecular formula is C9H13Cl. The van der Waals surface area contributed by atoms with E-state index in [1.54, 1.807) is 0 Å². The summed E-state index contributed by atoms with van der Waals surface area (Å²) in [5.74, 6) is 0.516. The van der Waals surface area contributed by atoms with Crippen LogP contribution in [0.4, 0.5) is 0 Å². The summed E-state index contributed by atoms with van der Waals surface area (Å²) in [6.07, 6.45) is 1.95. The molecule has 0 atom stereocenters. The molecule has 0 nitrogen and oxygen atoms in total. The molecular weight excluding hydrogens is 144 g/mol. The third-order valence-corrected chi connectivity index (χ3v) is 1.40. The van der Waals surface area contributed by atoms with Crippen LogP contribution in [0.2, 0.25) is 0 Å². The predicted molar refractivity (Wildman–Crippen MR) is 48.4 cm³/mol. The van der Waals surface area contributed by atoms with E-state index in [1.807, 2.05) is 19.9 Å². The lowest BCUT2D eigenvalue weighted by Crippen LogP contribution is -1.85. The van der Waals surface area contributed by atoms with Crippen LogP contribution in [0.5, 0.6) is 0 Å². The van der Waals surface area contributed by atoms with E-state index in [4.69, 9.17) is 11.6 Å². The zero-order chi connectivity index (χ0) is 8.15. The fraction of sp³-hybridized carbons (Fsp3) is 0.333. The molecule has 10 heavy (non-hydrogen) atoms. The maximum absolute atomic E-state index is 5.64. The number of allylic oxidation sites excluding steroid dienone is 4. The van der Waals surface area contributed by atoms with Crippen molar-refractivity contribution in [3.8, 4) is 0 Å². The van der Waals surface area contributed by atoms with Crippen LogP contribution in [0.15, 0.2) is 36.0 Å². The molecule has 0 unspecified atom stereocenters. The summed E-state index contributed by atoms with van der Waals surface area (Å²) in [7, 11) is 0. The molecule has 1 heteroatoms. The van der Waals surface area contributed by atoms with E-state index in [0.717, 1.165) is 16.7 Å². The average molecular weight is 157 g/mol. The summed E-state index contributed by atoms with van der Waals surface area (Å²) >= 11 is 5.64. The molecule has 0 fully saturated rings. The Morgan fingerprint density at radius 2 is 1.90 bits per heavy atom. The van der Waals surface area contributed by atoms with Crippen LogP contribution in [-0.4, -0.2) is 5.88 Å². The summed E-state index contributed by atoms with van der Waals surface area (Å²) < 4.78 is 0. The lowest BCUT2D eigenvalue weighted by Gasteiger charge is -2.00. The second-order valence-electron chi connectivity index (χ2n) is 2.43. The Hall–Kier alpha value is -0.490. The second-order valence-corrected chi connectivity index (χ2v) is 2.70. The van der Waals surface area contributed by atoms with Gasteiger partial charge in [-0.3, -0.25) is 0 Å². The zero-order valence-corrected chi connectivity index (χ0v) is 7.33. The number of alkyl halides is 1. The highest BCUT2D eigenvalue weighted by molar-refractivity contribution is 6.19. The number of hydrogen-bond donors (Lipinski definition) is 0. The van der Waals surface area contributed by atoms with Crippen molar-refractivity contribution in [1.29, 1.82) is 0 Å². The highest BCUT2D eigenvalue weighted by atomic mass is 35.5. The van der Waals surface area contributed by atoms with Crippen LogP contribution in [0.3, 0.4) is 0 Å². The van der Waals surface area contributed by atoms with Crippen molar-refractivity contribution in [3.63, 3.8) is 0 Å². The molecule has 0 bridgehead atoms. The molecule has 0 aliphatic heterocycles. The summed E-state index contributed by atoms with van der Waals surface area (Å²) in [6.45, 7) is 11.4. The second kappa shape index (κ2) is 4.35. The zero-order valence-electron chi connectivity index (χ0n) is 6.58. The van der Waals surface area contributed by atoms with Gasteiger partial charge in [-0.15, -0.1) is 11.6 Å². The van der Waals surface area contributed by atoms with E-state index in [1.165, 1.54) is 0 Å². The maximum atomic E-state index is 5.64. The van der Waals surface area contributed by atoms with Gasteiger partial charge in [0, 0.05) is 5.88 Å². The minimum Gasteiger partial charge on any atom is -0.122 e. The van der Waals surface area contributed by atoms with Gasteiger partial charge in [-0.1, -0.05) is 30.4 Å². The van der Waals surface area contributed by atoms with Gasteiger partial charge in [-0.2, -0.15) is 0 Å². The van der Waals surface area contributed by atoms with Gasteiger partial charge in [0.05, 0.1) is 0 Å². The Morgan fingerprint density at radius 1 is 1.40 bits per heavy atom. The third-order valence-electron chi connectivity index (χ3n) is 1.11. The quantitative estimate of drug-likeness (QED) is 0.435. The van der Waals surface area contributed by atoms with Crippen molar-refractivity contribution >= 4 is 11.6 Å². The van der Waals surface area contributed by atoms with Gasteiger partial charge in [0.1, 0.15) is 0 Å². The lowest BCUT2D eigenvalue weighted by atomic mass is 10.1. The third kappa shape index (κ3) is 3.52. The van der Waals surface area contributed by atoms with E-state index >= 15 is 0 Å². The van der Waals surface area contributed by atoms with Gasteiger partial charge in [-0.05, 0) is 19.4 Å². The van der Waals surface area contributed by atoms with Crippen LogP contribution in [0.25, 0.3) is 0 Å². The molecule has 0 spiro atoms. The minimum atomic E-state index is 0.516. The molecule has 0 saturated heterocycles. The molecule has 0 saturated carbocycles. The molecule has 0 aromatic rings. The largest absolute Gasteiger partial charge is 0.122 e. The van der Waals surface area contributed by atoms with Crippen LogP contribution in [-0.2, 0) is 0 Å². The molecule has 0 amide bonds. The van der Waals surface area contributed by atoms with E-state index in [0.29, 0.717) is 5.88 Å². The number of hydrogen-bond acceptors (Lipinski definition) is 0.